The van der Waals surface area contributed by atoms with Gasteiger partial charge in [0.1, 0.15) is 5.76 Å². The van der Waals surface area contributed by atoms with Crippen molar-refractivity contribution in [3.8, 4) is 0 Å². The summed E-state index contributed by atoms with van der Waals surface area (Å²) in [5.74, 6) is 0.328. The van der Waals surface area contributed by atoms with E-state index in [1.54, 1.807) is 12.1 Å². The van der Waals surface area contributed by atoms with Gasteiger partial charge in [-0.1, -0.05) is 23.7 Å². The van der Waals surface area contributed by atoms with Crippen LogP contribution in [0.3, 0.4) is 0 Å². The molecular formula is C15H16ClNO3. The Labute approximate surface area is 122 Å². The Balaban J connectivity index is 2.40. The van der Waals surface area contributed by atoms with E-state index < -0.39 is 5.97 Å². The number of hydrogen-bond acceptors (Lipinski definition) is 4. The lowest BCUT2D eigenvalue weighted by Gasteiger charge is -2.17. The number of ether oxygens (including phenoxy) is 1. The molecule has 0 aliphatic carbocycles. The molecule has 2 rings (SSSR count). The zero-order valence-corrected chi connectivity index (χ0v) is 12.3. The highest BCUT2D eigenvalue weighted by atomic mass is 35.5. The summed E-state index contributed by atoms with van der Waals surface area (Å²) < 4.78 is 10.2. The van der Waals surface area contributed by atoms with Gasteiger partial charge >= 0.3 is 5.97 Å². The van der Waals surface area contributed by atoms with Crippen molar-refractivity contribution in [3.63, 3.8) is 0 Å². The molecule has 1 atom stereocenters. The number of hydrogen-bond donors (Lipinski definition) is 1. The van der Waals surface area contributed by atoms with Gasteiger partial charge in [0.25, 0.3) is 0 Å². The minimum atomic E-state index is -0.492. The van der Waals surface area contributed by atoms with Gasteiger partial charge in [-0.25, -0.2) is 4.79 Å². The smallest absolute Gasteiger partial charge is 0.373 e. The molecule has 106 valence electrons. The van der Waals surface area contributed by atoms with E-state index in [1.165, 1.54) is 7.11 Å². The Morgan fingerprint density at radius 2 is 2.10 bits per heavy atom. The zero-order chi connectivity index (χ0) is 14.7. The van der Waals surface area contributed by atoms with Gasteiger partial charge in [-0.15, -0.1) is 0 Å². The molecule has 5 heteroatoms. The summed E-state index contributed by atoms with van der Waals surface area (Å²) in [6, 6.07) is 8.89. The third-order valence-corrected chi connectivity index (χ3v) is 3.62. The lowest BCUT2D eigenvalue weighted by atomic mass is 9.99. The van der Waals surface area contributed by atoms with Crippen LogP contribution in [0.4, 0.5) is 0 Å². The number of benzene rings is 1. The standard InChI is InChI=1S/C15H16ClNO3/c1-9-10(5-4-6-11(9)16)14(17-2)12-7-8-13(20-12)15(18)19-3/h4-8,14,17H,1-3H3. The normalized spacial score (nSPS) is 12.2. The molecule has 0 bridgehead atoms. The van der Waals surface area contributed by atoms with Crippen molar-refractivity contribution in [3.05, 3.63) is 58.0 Å². The molecule has 1 N–H and O–H groups in total. The molecule has 0 fully saturated rings. The maximum Gasteiger partial charge on any atom is 0.373 e. The lowest BCUT2D eigenvalue weighted by Crippen LogP contribution is -2.18. The van der Waals surface area contributed by atoms with Crippen LogP contribution in [-0.2, 0) is 4.74 Å². The van der Waals surface area contributed by atoms with Crippen molar-refractivity contribution in [2.24, 2.45) is 0 Å². The molecular weight excluding hydrogens is 278 g/mol. The highest BCUT2D eigenvalue weighted by molar-refractivity contribution is 6.31. The van der Waals surface area contributed by atoms with E-state index in [-0.39, 0.29) is 11.8 Å². The van der Waals surface area contributed by atoms with E-state index in [0.29, 0.717) is 10.8 Å². The minimum absolute atomic E-state index is 0.174. The van der Waals surface area contributed by atoms with E-state index in [0.717, 1.165) is 11.1 Å². The first-order valence-corrected chi connectivity index (χ1v) is 6.56. The number of nitrogens with one attached hydrogen (secondary N) is 1. The van der Waals surface area contributed by atoms with Crippen molar-refractivity contribution in [1.82, 2.24) is 5.32 Å². The van der Waals surface area contributed by atoms with Gasteiger partial charge in [0, 0.05) is 5.02 Å². The summed E-state index contributed by atoms with van der Waals surface area (Å²) in [6.07, 6.45) is 0. The first-order valence-electron chi connectivity index (χ1n) is 6.18. The van der Waals surface area contributed by atoms with Crippen LogP contribution in [0.2, 0.25) is 5.02 Å². The molecule has 4 nitrogen and oxygen atoms in total. The maximum atomic E-state index is 11.4. The molecule has 20 heavy (non-hydrogen) atoms. The fourth-order valence-electron chi connectivity index (χ4n) is 2.11. The summed E-state index contributed by atoms with van der Waals surface area (Å²) in [6.45, 7) is 1.95. The van der Waals surface area contributed by atoms with Crippen molar-refractivity contribution < 1.29 is 13.9 Å². The van der Waals surface area contributed by atoms with E-state index in [9.17, 15) is 4.79 Å². The average Bonchev–Trinajstić information content (AvgIpc) is 2.93. The topological polar surface area (TPSA) is 51.5 Å². The first kappa shape index (κ1) is 14.6. The Kier molecular flexibility index (Phi) is 4.47. The van der Waals surface area contributed by atoms with Gasteiger partial charge in [-0.2, -0.15) is 0 Å². The summed E-state index contributed by atoms with van der Waals surface area (Å²) in [5.41, 5.74) is 1.98. The summed E-state index contributed by atoms with van der Waals surface area (Å²) in [4.78, 5) is 11.4. The second-order valence-electron chi connectivity index (χ2n) is 4.37. The Morgan fingerprint density at radius 1 is 1.35 bits per heavy atom. The SMILES string of the molecule is CNC(c1ccc(C(=O)OC)o1)c1cccc(Cl)c1C. The predicted octanol–water partition coefficient (Wildman–Crippen LogP) is 3.34. The van der Waals surface area contributed by atoms with Crippen LogP contribution < -0.4 is 5.32 Å². The molecule has 1 aromatic carbocycles. The van der Waals surface area contributed by atoms with Crippen molar-refractivity contribution in [1.29, 1.82) is 0 Å². The molecule has 0 radical (unpaired) electrons. The molecule has 2 aromatic rings. The molecule has 1 heterocycles. The molecule has 1 aromatic heterocycles. The number of carbonyl (C=O) groups excluding carboxylic acids is 1. The van der Waals surface area contributed by atoms with Crippen molar-refractivity contribution >= 4 is 17.6 Å². The second kappa shape index (κ2) is 6.11. The monoisotopic (exact) mass is 293 g/mol. The average molecular weight is 294 g/mol. The Morgan fingerprint density at radius 3 is 2.75 bits per heavy atom. The number of furan rings is 1. The highest BCUT2D eigenvalue weighted by Crippen LogP contribution is 2.29. The molecule has 0 aliphatic rings. The number of carbonyl (C=O) groups is 1. The van der Waals surface area contributed by atoms with Gasteiger partial charge in [0.05, 0.1) is 13.2 Å². The van der Waals surface area contributed by atoms with Gasteiger partial charge in [-0.3, -0.25) is 0 Å². The number of esters is 1. The fourth-order valence-corrected chi connectivity index (χ4v) is 2.29. The van der Waals surface area contributed by atoms with Crippen LogP contribution in [0.1, 0.15) is 33.5 Å². The van der Waals surface area contributed by atoms with Crippen LogP contribution in [0.5, 0.6) is 0 Å². The third-order valence-electron chi connectivity index (χ3n) is 3.21. The molecule has 0 saturated heterocycles. The molecule has 0 saturated carbocycles. The van der Waals surface area contributed by atoms with Crippen LogP contribution >= 0.6 is 11.6 Å². The maximum absolute atomic E-state index is 11.4. The quantitative estimate of drug-likeness (QED) is 0.879. The molecule has 1 unspecified atom stereocenters. The largest absolute Gasteiger partial charge is 0.463 e. The molecule has 0 aliphatic heterocycles. The van der Waals surface area contributed by atoms with E-state index in [4.69, 9.17) is 16.0 Å². The lowest BCUT2D eigenvalue weighted by molar-refractivity contribution is 0.0562. The van der Waals surface area contributed by atoms with E-state index in [1.807, 2.05) is 32.2 Å². The van der Waals surface area contributed by atoms with Crippen LogP contribution in [0.25, 0.3) is 0 Å². The van der Waals surface area contributed by atoms with Crippen LogP contribution in [-0.4, -0.2) is 20.1 Å². The van der Waals surface area contributed by atoms with Crippen LogP contribution in [0, 0.1) is 6.92 Å². The number of rotatable bonds is 4. The van der Waals surface area contributed by atoms with E-state index >= 15 is 0 Å². The summed E-state index contributed by atoms with van der Waals surface area (Å²) in [5, 5.41) is 3.87. The second-order valence-corrected chi connectivity index (χ2v) is 4.78. The molecule has 0 amide bonds. The Hall–Kier alpha value is -1.78. The van der Waals surface area contributed by atoms with Crippen LogP contribution in [0.15, 0.2) is 34.7 Å². The zero-order valence-electron chi connectivity index (χ0n) is 11.6. The van der Waals surface area contributed by atoms with Gasteiger partial charge in [0.15, 0.2) is 0 Å². The summed E-state index contributed by atoms with van der Waals surface area (Å²) >= 11 is 6.15. The fraction of sp³-hybridized carbons (Fsp3) is 0.267. The van der Waals surface area contributed by atoms with Crippen molar-refractivity contribution in [2.75, 3.05) is 14.2 Å². The first-order chi connectivity index (χ1) is 9.58. The van der Waals surface area contributed by atoms with Gasteiger partial charge in [0.2, 0.25) is 5.76 Å². The van der Waals surface area contributed by atoms with Crippen molar-refractivity contribution in [2.45, 2.75) is 13.0 Å². The highest BCUT2D eigenvalue weighted by Gasteiger charge is 2.21. The van der Waals surface area contributed by atoms with Gasteiger partial charge < -0.3 is 14.5 Å². The summed E-state index contributed by atoms with van der Waals surface area (Å²) in [7, 11) is 3.15. The number of halogens is 1. The number of methoxy groups -OCH3 is 1. The van der Waals surface area contributed by atoms with E-state index in [2.05, 4.69) is 10.1 Å². The Bertz CT molecular complexity index is 621. The predicted molar refractivity (Wildman–Crippen MR) is 77.1 cm³/mol. The van der Waals surface area contributed by atoms with Gasteiger partial charge in [-0.05, 0) is 43.3 Å². The molecule has 0 spiro atoms. The third kappa shape index (κ3) is 2.71. The minimum Gasteiger partial charge on any atom is -0.463 e.